The van der Waals surface area contributed by atoms with Crippen molar-refractivity contribution < 1.29 is 13.9 Å². The Morgan fingerprint density at radius 2 is 2.33 bits per heavy atom. The predicted octanol–water partition coefficient (Wildman–Crippen LogP) is 1.33. The van der Waals surface area contributed by atoms with E-state index in [-0.39, 0.29) is 17.9 Å². The second-order valence-electron chi connectivity index (χ2n) is 2.35. The van der Waals surface area contributed by atoms with Crippen LogP contribution in [0.2, 0.25) is 0 Å². The maximum Gasteiger partial charge on any atom is 0.282 e. The number of aromatic nitrogens is 2. The van der Waals surface area contributed by atoms with Gasteiger partial charge in [0.1, 0.15) is 5.69 Å². The van der Waals surface area contributed by atoms with E-state index >= 15 is 0 Å². The largest absolute Gasteiger partial charge is 0.392 e. The van der Waals surface area contributed by atoms with Gasteiger partial charge in [-0.25, -0.2) is 8.78 Å². The zero-order valence-corrected chi connectivity index (χ0v) is 6.67. The maximum atomic E-state index is 12.2. The Balaban J connectivity index is 3.00. The fourth-order valence-electron chi connectivity index (χ4n) is 0.945. The Labute approximate surface area is 68.6 Å². The molecule has 1 heterocycles. The first-order chi connectivity index (χ1) is 5.69. The van der Waals surface area contributed by atoms with Gasteiger partial charge in [0.05, 0.1) is 6.61 Å². The van der Waals surface area contributed by atoms with Gasteiger partial charge in [-0.2, -0.15) is 5.10 Å². The molecule has 0 atom stereocenters. The van der Waals surface area contributed by atoms with Crippen LogP contribution in [0, 0.1) is 0 Å². The van der Waals surface area contributed by atoms with Crippen LogP contribution in [-0.2, 0) is 13.2 Å². The predicted molar refractivity (Wildman–Crippen MR) is 38.8 cm³/mol. The summed E-state index contributed by atoms with van der Waals surface area (Å²) in [7, 11) is 0. The van der Waals surface area contributed by atoms with E-state index in [9.17, 15) is 8.78 Å². The summed E-state index contributed by atoms with van der Waals surface area (Å²) in [4.78, 5) is 0. The lowest BCUT2D eigenvalue weighted by Crippen LogP contribution is -1.96. The van der Waals surface area contributed by atoms with E-state index in [2.05, 4.69) is 5.10 Å². The Kier molecular flexibility index (Phi) is 2.75. The molecule has 0 unspecified atom stereocenters. The highest BCUT2D eigenvalue weighted by atomic mass is 19.3. The summed E-state index contributed by atoms with van der Waals surface area (Å²) in [5.74, 6) is 0. The van der Waals surface area contributed by atoms with Crippen molar-refractivity contribution in [3.05, 3.63) is 17.5 Å². The van der Waals surface area contributed by atoms with Crippen LogP contribution in [0.5, 0.6) is 0 Å². The van der Waals surface area contributed by atoms with Gasteiger partial charge in [-0.05, 0) is 6.92 Å². The normalized spacial score (nSPS) is 11.1. The zero-order valence-electron chi connectivity index (χ0n) is 6.67. The fourth-order valence-corrected chi connectivity index (χ4v) is 0.945. The van der Waals surface area contributed by atoms with Gasteiger partial charge >= 0.3 is 0 Å². The Bertz CT molecular complexity index is 260. The van der Waals surface area contributed by atoms with Crippen molar-refractivity contribution in [2.45, 2.75) is 26.5 Å². The van der Waals surface area contributed by atoms with Crippen LogP contribution in [0.3, 0.4) is 0 Å². The maximum absolute atomic E-state index is 12.2. The third-order valence-electron chi connectivity index (χ3n) is 1.57. The first-order valence-electron chi connectivity index (χ1n) is 3.64. The quantitative estimate of drug-likeness (QED) is 0.754. The van der Waals surface area contributed by atoms with Crippen LogP contribution in [-0.4, -0.2) is 14.9 Å². The van der Waals surface area contributed by atoms with Crippen LogP contribution in [0.25, 0.3) is 0 Å². The number of aliphatic hydroxyl groups is 1. The zero-order chi connectivity index (χ0) is 9.14. The standard InChI is InChI=1S/C7H10F2N2O/c1-2-11-3-5(4-12)6(10-11)7(8)9/h3,7,12H,2,4H2,1H3. The fraction of sp³-hybridized carbons (Fsp3) is 0.571. The second-order valence-corrected chi connectivity index (χ2v) is 2.35. The van der Waals surface area contributed by atoms with Crippen LogP contribution in [0.15, 0.2) is 6.20 Å². The lowest BCUT2D eigenvalue weighted by Gasteiger charge is -1.94. The molecule has 0 saturated heterocycles. The molecule has 12 heavy (non-hydrogen) atoms. The Morgan fingerprint density at radius 1 is 1.67 bits per heavy atom. The highest BCUT2D eigenvalue weighted by molar-refractivity contribution is 5.16. The van der Waals surface area contributed by atoms with E-state index in [1.54, 1.807) is 6.92 Å². The van der Waals surface area contributed by atoms with Crippen LogP contribution >= 0.6 is 0 Å². The second kappa shape index (κ2) is 3.62. The number of alkyl halides is 2. The molecule has 0 aromatic carbocycles. The number of hydrogen-bond acceptors (Lipinski definition) is 2. The Hall–Kier alpha value is -0.970. The van der Waals surface area contributed by atoms with Crippen molar-refractivity contribution in [3.8, 4) is 0 Å². The van der Waals surface area contributed by atoms with E-state index in [1.807, 2.05) is 0 Å². The molecule has 0 spiro atoms. The summed E-state index contributed by atoms with van der Waals surface area (Å²) >= 11 is 0. The molecule has 1 N–H and O–H groups in total. The van der Waals surface area contributed by atoms with E-state index < -0.39 is 6.43 Å². The first-order valence-corrected chi connectivity index (χ1v) is 3.64. The first kappa shape index (κ1) is 9.12. The molecule has 0 fully saturated rings. The molecule has 1 rings (SSSR count). The van der Waals surface area contributed by atoms with E-state index in [1.165, 1.54) is 10.9 Å². The van der Waals surface area contributed by atoms with Gasteiger partial charge in [0.25, 0.3) is 6.43 Å². The third kappa shape index (κ3) is 1.61. The van der Waals surface area contributed by atoms with E-state index in [4.69, 9.17) is 5.11 Å². The molecular weight excluding hydrogens is 166 g/mol. The van der Waals surface area contributed by atoms with Crippen LogP contribution in [0.1, 0.15) is 24.6 Å². The third-order valence-corrected chi connectivity index (χ3v) is 1.57. The smallest absolute Gasteiger partial charge is 0.282 e. The number of halogens is 2. The van der Waals surface area contributed by atoms with Gasteiger partial charge < -0.3 is 5.11 Å². The minimum Gasteiger partial charge on any atom is -0.392 e. The minimum absolute atomic E-state index is 0.201. The highest BCUT2D eigenvalue weighted by Gasteiger charge is 2.16. The average Bonchev–Trinajstić information content (AvgIpc) is 2.47. The molecule has 3 nitrogen and oxygen atoms in total. The topological polar surface area (TPSA) is 38.0 Å². The minimum atomic E-state index is -2.61. The summed E-state index contributed by atoms with van der Waals surface area (Å²) in [6.07, 6.45) is -1.18. The summed E-state index contributed by atoms with van der Waals surface area (Å²) in [5.41, 5.74) is -0.119. The Morgan fingerprint density at radius 3 is 2.67 bits per heavy atom. The lowest BCUT2D eigenvalue weighted by molar-refractivity contribution is 0.141. The molecule has 0 aliphatic heterocycles. The molecule has 0 aliphatic rings. The van der Waals surface area contributed by atoms with Crippen molar-refractivity contribution in [2.75, 3.05) is 0 Å². The summed E-state index contributed by atoms with van der Waals surface area (Å²) in [5, 5.41) is 12.3. The molecule has 68 valence electrons. The van der Waals surface area contributed by atoms with E-state index in [0.717, 1.165) is 0 Å². The van der Waals surface area contributed by atoms with Crippen molar-refractivity contribution in [1.82, 2.24) is 9.78 Å². The molecule has 0 bridgehead atoms. The van der Waals surface area contributed by atoms with Crippen molar-refractivity contribution in [2.24, 2.45) is 0 Å². The highest BCUT2D eigenvalue weighted by Crippen LogP contribution is 2.20. The van der Waals surface area contributed by atoms with Crippen molar-refractivity contribution in [1.29, 1.82) is 0 Å². The molecule has 0 amide bonds. The number of rotatable bonds is 3. The van der Waals surface area contributed by atoms with Gasteiger partial charge in [0, 0.05) is 18.3 Å². The van der Waals surface area contributed by atoms with Crippen LogP contribution < -0.4 is 0 Å². The summed E-state index contributed by atoms with van der Waals surface area (Å²) in [6.45, 7) is 1.93. The van der Waals surface area contributed by atoms with E-state index in [0.29, 0.717) is 6.54 Å². The summed E-state index contributed by atoms with van der Waals surface area (Å²) in [6, 6.07) is 0. The lowest BCUT2D eigenvalue weighted by atomic mass is 10.3. The van der Waals surface area contributed by atoms with Crippen molar-refractivity contribution in [3.63, 3.8) is 0 Å². The summed E-state index contributed by atoms with van der Waals surface area (Å²) < 4.78 is 25.7. The molecule has 0 aliphatic carbocycles. The number of hydrogen-bond donors (Lipinski definition) is 1. The SMILES string of the molecule is CCn1cc(CO)c(C(F)F)n1. The number of aliphatic hydroxyl groups excluding tert-OH is 1. The average molecular weight is 176 g/mol. The number of aryl methyl sites for hydroxylation is 1. The number of nitrogens with zero attached hydrogens (tertiary/aromatic N) is 2. The van der Waals surface area contributed by atoms with Crippen molar-refractivity contribution >= 4 is 0 Å². The molecule has 0 radical (unpaired) electrons. The van der Waals surface area contributed by atoms with Crippen LogP contribution in [0.4, 0.5) is 8.78 Å². The monoisotopic (exact) mass is 176 g/mol. The van der Waals surface area contributed by atoms with Gasteiger partial charge in [-0.3, -0.25) is 4.68 Å². The molecule has 1 aromatic rings. The van der Waals surface area contributed by atoms with Gasteiger partial charge in [-0.1, -0.05) is 0 Å². The van der Waals surface area contributed by atoms with Gasteiger partial charge in [0.2, 0.25) is 0 Å². The molecule has 0 saturated carbocycles. The van der Waals surface area contributed by atoms with Gasteiger partial charge in [-0.15, -0.1) is 0 Å². The molecule has 1 aromatic heterocycles. The van der Waals surface area contributed by atoms with Gasteiger partial charge in [0.15, 0.2) is 0 Å². The molecule has 5 heteroatoms. The molecular formula is C7H10F2N2O.